The molecule has 11 heteroatoms. The summed E-state index contributed by atoms with van der Waals surface area (Å²) in [6.45, 7) is 1.31. The molecule has 0 N–H and O–H groups in total. The fourth-order valence-corrected chi connectivity index (χ4v) is 3.68. The van der Waals surface area contributed by atoms with Crippen molar-refractivity contribution < 1.29 is 35.3 Å². The first kappa shape index (κ1) is 24.0. The number of hydrogen-bond acceptors (Lipinski definition) is 2. The van der Waals surface area contributed by atoms with Crippen LogP contribution < -0.4 is 0 Å². The summed E-state index contributed by atoms with van der Waals surface area (Å²) in [4.78, 5) is 5.10. The Morgan fingerprint density at radius 2 is 1.70 bits per heavy atom. The summed E-state index contributed by atoms with van der Waals surface area (Å²) in [5.74, 6) is -2.58. The van der Waals surface area contributed by atoms with Gasteiger partial charge in [0.1, 0.15) is 17.3 Å². The average molecular weight is 454 g/mol. The molecule has 0 fully saturated rings. The van der Waals surface area contributed by atoms with Gasteiger partial charge in [-0.3, -0.25) is 0 Å². The first-order valence-corrected chi connectivity index (χ1v) is 9.70. The SMILES string of the molecule is Cc1cc(F)c(/N=C(\c2cccc(C(F)(F)F)c2)N(C)C)cc1[S+]([O-])CC(F)(F)F. The Labute approximate surface area is 171 Å². The lowest BCUT2D eigenvalue weighted by molar-refractivity contribution is -0.137. The van der Waals surface area contributed by atoms with Crippen molar-refractivity contribution in [3.05, 3.63) is 58.9 Å². The van der Waals surface area contributed by atoms with Crippen LogP contribution in [0.4, 0.5) is 36.4 Å². The summed E-state index contributed by atoms with van der Waals surface area (Å²) >= 11 is -2.49. The van der Waals surface area contributed by atoms with E-state index < -0.39 is 46.3 Å². The first-order chi connectivity index (χ1) is 13.7. The van der Waals surface area contributed by atoms with Crippen LogP contribution in [0.15, 0.2) is 46.3 Å². The Balaban J connectivity index is 2.56. The van der Waals surface area contributed by atoms with Gasteiger partial charge in [0.25, 0.3) is 0 Å². The van der Waals surface area contributed by atoms with Crippen molar-refractivity contribution in [1.29, 1.82) is 0 Å². The lowest BCUT2D eigenvalue weighted by Gasteiger charge is -2.18. The highest BCUT2D eigenvalue weighted by molar-refractivity contribution is 7.91. The molecule has 0 radical (unpaired) electrons. The Bertz CT molecular complexity index is 939. The molecule has 0 bridgehead atoms. The Morgan fingerprint density at radius 1 is 1.07 bits per heavy atom. The lowest BCUT2D eigenvalue weighted by Crippen LogP contribution is -2.24. The summed E-state index contributed by atoms with van der Waals surface area (Å²) < 4.78 is 103. The Hall–Kier alpha value is -2.27. The summed E-state index contributed by atoms with van der Waals surface area (Å²) in [5, 5.41) is 0. The van der Waals surface area contributed by atoms with Crippen molar-refractivity contribution in [3.8, 4) is 0 Å². The molecule has 1 unspecified atom stereocenters. The zero-order valence-electron chi connectivity index (χ0n) is 16.0. The van der Waals surface area contributed by atoms with Crippen LogP contribution in [0.25, 0.3) is 0 Å². The normalized spacial score (nSPS) is 14.0. The van der Waals surface area contributed by atoms with Gasteiger partial charge in [-0.2, -0.15) is 26.3 Å². The highest BCUT2D eigenvalue weighted by Gasteiger charge is 2.36. The molecule has 0 aromatic heterocycles. The van der Waals surface area contributed by atoms with Gasteiger partial charge in [0, 0.05) is 31.3 Å². The number of aryl methyl sites for hydroxylation is 1. The predicted molar refractivity (Wildman–Crippen MR) is 99.8 cm³/mol. The highest BCUT2D eigenvalue weighted by atomic mass is 32.2. The summed E-state index contributed by atoms with van der Waals surface area (Å²) in [7, 11) is 2.93. The van der Waals surface area contributed by atoms with E-state index in [2.05, 4.69) is 4.99 Å². The maximum Gasteiger partial charge on any atom is 0.433 e. The highest BCUT2D eigenvalue weighted by Crippen LogP contribution is 2.32. The molecule has 2 rings (SSSR count). The van der Waals surface area contributed by atoms with E-state index in [-0.39, 0.29) is 21.9 Å². The van der Waals surface area contributed by atoms with Gasteiger partial charge in [0.05, 0.1) is 5.56 Å². The van der Waals surface area contributed by atoms with Crippen molar-refractivity contribution >= 4 is 22.7 Å². The molecule has 2 aromatic carbocycles. The molecule has 164 valence electrons. The number of alkyl halides is 6. The second-order valence-electron chi connectivity index (χ2n) is 6.58. The van der Waals surface area contributed by atoms with Crippen LogP contribution in [-0.2, 0) is 17.4 Å². The zero-order chi connectivity index (χ0) is 22.9. The van der Waals surface area contributed by atoms with Crippen LogP contribution >= 0.6 is 0 Å². The van der Waals surface area contributed by atoms with Crippen molar-refractivity contribution in [2.45, 2.75) is 24.2 Å². The number of nitrogens with zero attached hydrogens (tertiary/aromatic N) is 2. The van der Waals surface area contributed by atoms with Crippen LogP contribution in [0.1, 0.15) is 16.7 Å². The van der Waals surface area contributed by atoms with E-state index in [4.69, 9.17) is 0 Å². The molecule has 0 amide bonds. The molecular formula is C19H17F7N2OS. The van der Waals surface area contributed by atoms with Gasteiger partial charge < -0.3 is 9.45 Å². The molecule has 0 aliphatic carbocycles. The Morgan fingerprint density at radius 3 is 2.23 bits per heavy atom. The van der Waals surface area contributed by atoms with Crippen LogP contribution in [0, 0.1) is 12.7 Å². The van der Waals surface area contributed by atoms with Gasteiger partial charge in [0.15, 0.2) is 4.90 Å². The minimum absolute atomic E-state index is 0.0211. The van der Waals surface area contributed by atoms with Crippen LogP contribution in [0.3, 0.4) is 0 Å². The van der Waals surface area contributed by atoms with E-state index >= 15 is 0 Å². The number of halogens is 7. The minimum Gasteiger partial charge on any atom is -0.611 e. The fourth-order valence-electron chi connectivity index (χ4n) is 2.57. The topological polar surface area (TPSA) is 38.7 Å². The number of hydrogen-bond donors (Lipinski definition) is 0. The molecule has 3 nitrogen and oxygen atoms in total. The minimum atomic E-state index is -4.69. The Kier molecular flexibility index (Phi) is 7.08. The third-order valence-electron chi connectivity index (χ3n) is 3.88. The maximum atomic E-state index is 14.4. The van der Waals surface area contributed by atoms with Crippen LogP contribution in [-0.4, -0.2) is 41.3 Å². The van der Waals surface area contributed by atoms with Crippen molar-refractivity contribution in [2.75, 3.05) is 19.8 Å². The quantitative estimate of drug-likeness (QED) is 0.266. The van der Waals surface area contributed by atoms with E-state index in [1.807, 2.05) is 0 Å². The molecule has 2 aromatic rings. The van der Waals surface area contributed by atoms with Gasteiger partial charge in [-0.25, -0.2) is 9.38 Å². The molecule has 0 heterocycles. The van der Waals surface area contributed by atoms with Gasteiger partial charge in [-0.1, -0.05) is 12.1 Å². The third-order valence-corrected chi connectivity index (χ3v) is 5.40. The number of amidine groups is 1. The van der Waals surface area contributed by atoms with Crippen molar-refractivity contribution in [3.63, 3.8) is 0 Å². The van der Waals surface area contributed by atoms with Gasteiger partial charge in [-0.15, -0.1) is 0 Å². The second-order valence-corrected chi connectivity index (χ2v) is 8.00. The molecule has 0 spiro atoms. The lowest BCUT2D eigenvalue weighted by atomic mass is 10.1. The largest absolute Gasteiger partial charge is 0.611 e. The summed E-state index contributed by atoms with van der Waals surface area (Å²) in [5.41, 5.74) is -1.31. The van der Waals surface area contributed by atoms with E-state index in [0.29, 0.717) is 0 Å². The van der Waals surface area contributed by atoms with E-state index in [0.717, 1.165) is 30.3 Å². The zero-order valence-corrected chi connectivity index (χ0v) is 16.8. The molecule has 0 aliphatic rings. The van der Waals surface area contributed by atoms with Crippen molar-refractivity contribution in [1.82, 2.24) is 4.90 Å². The molecule has 30 heavy (non-hydrogen) atoms. The number of rotatable bonds is 4. The molecule has 0 saturated heterocycles. The summed E-state index contributed by atoms with van der Waals surface area (Å²) in [6.07, 6.45) is -9.30. The molecule has 1 atom stereocenters. The molecule has 0 aliphatic heterocycles. The van der Waals surface area contributed by atoms with E-state index in [9.17, 15) is 35.3 Å². The average Bonchev–Trinajstić information content (AvgIpc) is 2.58. The maximum absolute atomic E-state index is 14.4. The fraction of sp³-hybridized carbons (Fsp3) is 0.316. The standard InChI is InChI=1S/C19H17F7N2OS/c1-11-7-14(20)15(9-16(11)30(29)10-18(21,22)23)27-17(28(2)3)12-5-4-6-13(8-12)19(24,25)26/h4-9H,10H2,1-3H3/b27-17+. The third kappa shape index (κ3) is 6.11. The molecular weight excluding hydrogens is 437 g/mol. The summed E-state index contributed by atoms with van der Waals surface area (Å²) in [6, 6.07) is 6.00. The monoisotopic (exact) mass is 454 g/mol. The van der Waals surface area contributed by atoms with Gasteiger partial charge in [0.2, 0.25) is 5.75 Å². The van der Waals surface area contributed by atoms with Gasteiger partial charge in [-0.05, 0) is 36.3 Å². The number of aliphatic imine (C=N–C) groups is 1. The smallest absolute Gasteiger partial charge is 0.433 e. The van der Waals surface area contributed by atoms with Crippen LogP contribution in [0.2, 0.25) is 0 Å². The van der Waals surface area contributed by atoms with Gasteiger partial charge >= 0.3 is 12.4 Å². The second kappa shape index (κ2) is 8.84. The van der Waals surface area contributed by atoms with Crippen molar-refractivity contribution in [2.24, 2.45) is 4.99 Å². The number of benzene rings is 2. The van der Waals surface area contributed by atoms with E-state index in [1.54, 1.807) is 0 Å². The van der Waals surface area contributed by atoms with E-state index in [1.165, 1.54) is 32.0 Å². The molecule has 0 saturated carbocycles. The van der Waals surface area contributed by atoms with Crippen LogP contribution in [0.5, 0.6) is 0 Å². The first-order valence-electron chi connectivity index (χ1n) is 8.38. The predicted octanol–water partition coefficient (Wildman–Crippen LogP) is 5.46.